The molecule has 0 fully saturated rings. The molecule has 1 N–H and O–H groups in total. The molecule has 0 bridgehead atoms. The summed E-state index contributed by atoms with van der Waals surface area (Å²) in [6.45, 7) is 0. The number of thioether (sulfide) groups is 1. The minimum Gasteiger partial charge on any atom is -0.325 e. The fourth-order valence-corrected chi connectivity index (χ4v) is 3.16. The van der Waals surface area contributed by atoms with Crippen LogP contribution in [0.4, 0.5) is 5.69 Å². The van der Waals surface area contributed by atoms with Crippen LogP contribution in [0.1, 0.15) is 0 Å². The van der Waals surface area contributed by atoms with Crippen LogP contribution in [0.5, 0.6) is 0 Å². The third kappa shape index (κ3) is 4.01. The van der Waals surface area contributed by atoms with E-state index in [0.29, 0.717) is 11.0 Å². The lowest BCUT2D eigenvalue weighted by molar-refractivity contribution is -0.113. The molecule has 0 saturated carbocycles. The van der Waals surface area contributed by atoms with Crippen molar-refractivity contribution < 1.29 is 4.79 Å². The van der Waals surface area contributed by atoms with Gasteiger partial charge in [0.1, 0.15) is 5.69 Å². The van der Waals surface area contributed by atoms with E-state index in [1.54, 1.807) is 6.20 Å². The number of amides is 1. The largest absolute Gasteiger partial charge is 0.325 e. The first-order valence-corrected chi connectivity index (χ1v) is 8.90. The average Bonchev–Trinajstić information content (AvgIpc) is 2.94. The Balaban J connectivity index is 1.63. The lowest BCUT2D eigenvalue weighted by atomic mass is 10.3. The van der Waals surface area contributed by atoms with E-state index in [9.17, 15) is 4.79 Å². The first-order chi connectivity index (χ1) is 11.6. The number of carbonyl (C=O) groups excluding carboxylic acids is 1. The van der Waals surface area contributed by atoms with Gasteiger partial charge in [0.25, 0.3) is 0 Å². The Morgan fingerprint density at radius 3 is 2.88 bits per heavy atom. The molecule has 122 valence electrons. The summed E-state index contributed by atoms with van der Waals surface area (Å²) in [5, 5.41) is 11.8. The molecule has 3 aromatic rings. The third-order valence-corrected chi connectivity index (χ3v) is 4.68. The first kappa shape index (κ1) is 16.7. The van der Waals surface area contributed by atoms with Gasteiger partial charge in [0.15, 0.2) is 11.0 Å². The van der Waals surface area contributed by atoms with Gasteiger partial charge in [-0.1, -0.05) is 39.8 Å². The molecule has 0 atom stereocenters. The lowest BCUT2D eigenvalue weighted by Gasteiger charge is -2.06. The Labute approximate surface area is 151 Å². The Hall–Kier alpha value is -2.19. The second kappa shape index (κ2) is 7.59. The SMILES string of the molecule is Cn1c(SCC(=O)Nc2cccc(Br)c2)nnc1-c1ccccn1. The Kier molecular flexibility index (Phi) is 5.27. The number of hydrogen-bond acceptors (Lipinski definition) is 5. The van der Waals surface area contributed by atoms with Gasteiger partial charge in [-0.25, -0.2) is 0 Å². The molecule has 0 aliphatic carbocycles. The van der Waals surface area contributed by atoms with Gasteiger partial charge in [-0.2, -0.15) is 0 Å². The maximum atomic E-state index is 12.1. The van der Waals surface area contributed by atoms with Gasteiger partial charge >= 0.3 is 0 Å². The van der Waals surface area contributed by atoms with Crippen LogP contribution in [0.2, 0.25) is 0 Å². The summed E-state index contributed by atoms with van der Waals surface area (Å²) in [7, 11) is 1.86. The summed E-state index contributed by atoms with van der Waals surface area (Å²) in [6, 6.07) is 13.1. The number of aromatic nitrogens is 4. The van der Waals surface area contributed by atoms with Gasteiger partial charge in [0.2, 0.25) is 5.91 Å². The summed E-state index contributed by atoms with van der Waals surface area (Å²) in [4.78, 5) is 16.3. The number of rotatable bonds is 5. The molecule has 0 saturated heterocycles. The number of hydrogen-bond donors (Lipinski definition) is 1. The summed E-state index contributed by atoms with van der Waals surface area (Å²) in [5.41, 5.74) is 1.50. The smallest absolute Gasteiger partial charge is 0.234 e. The van der Waals surface area contributed by atoms with Crippen molar-refractivity contribution >= 4 is 39.3 Å². The fourth-order valence-electron chi connectivity index (χ4n) is 2.05. The van der Waals surface area contributed by atoms with E-state index in [1.807, 2.05) is 54.1 Å². The third-order valence-electron chi connectivity index (χ3n) is 3.17. The standard InChI is InChI=1S/C16H14BrN5OS/c1-22-15(13-7-2-3-8-18-13)20-21-16(22)24-10-14(23)19-12-6-4-5-11(17)9-12/h2-9H,10H2,1H3,(H,19,23). The molecule has 0 unspecified atom stereocenters. The highest BCUT2D eigenvalue weighted by Gasteiger charge is 2.13. The van der Waals surface area contributed by atoms with Crippen LogP contribution in [0.3, 0.4) is 0 Å². The van der Waals surface area contributed by atoms with E-state index in [1.165, 1.54) is 11.8 Å². The molecule has 2 heterocycles. The van der Waals surface area contributed by atoms with Crippen LogP contribution in [0.15, 0.2) is 58.3 Å². The molecule has 0 radical (unpaired) electrons. The quantitative estimate of drug-likeness (QED) is 0.661. The molecule has 8 heteroatoms. The van der Waals surface area contributed by atoms with Crippen LogP contribution in [-0.2, 0) is 11.8 Å². The molecule has 24 heavy (non-hydrogen) atoms. The number of carbonyl (C=O) groups is 1. The normalized spacial score (nSPS) is 10.6. The van der Waals surface area contributed by atoms with Crippen LogP contribution < -0.4 is 5.32 Å². The van der Waals surface area contributed by atoms with Crippen molar-refractivity contribution in [3.05, 3.63) is 53.1 Å². The van der Waals surface area contributed by atoms with Crippen LogP contribution in [0, 0.1) is 0 Å². The molecule has 0 spiro atoms. The molecular formula is C16H14BrN5OS. The van der Waals surface area contributed by atoms with Gasteiger partial charge in [-0.15, -0.1) is 10.2 Å². The Bertz CT molecular complexity index is 853. The van der Waals surface area contributed by atoms with Crippen LogP contribution in [-0.4, -0.2) is 31.4 Å². The van der Waals surface area contributed by atoms with Crippen molar-refractivity contribution in [1.82, 2.24) is 19.7 Å². The number of nitrogens with one attached hydrogen (secondary N) is 1. The van der Waals surface area contributed by atoms with Gasteiger partial charge in [0, 0.05) is 23.4 Å². The summed E-state index contributed by atoms with van der Waals surface area (Å²) in [6.07, 6.45) is 1.71. The van der Waals surface area contributed by atoms with E-state index in [0.717, 1.165) is 15.9 Å². The predicted molar refractivity (Wildman–Crippen MR) is 97.7 cm³/mol. The molecule has 1 amide bonds. The molecule has 3 rings (SSSR count). The van der Waals surface area contributed by atoms with Crippen molar-refractivity contribution in [2.24, 2.45) is 7.05 Å². The van der Waals surface area contributed by atoms with Crippen molar-refractivity contribution in [3.8, 4) is 11.5 Å². The topological polar surface area (TPSA) is 72.7 Å². The zero-order chi connectivity index (χ0) is 16.9. The Morgan fingerprint density at radius 2 is 2.12 bits per heavy atom. The van der Waals surface area contributed by atoms with E-state index >= 15 is 0 Å². The number of nitrogens with zero attached hydrogens (tertiary/aromatic N) is 4. The lowest BCUT2D eigenvalue weighted by Crippen LogP contribution is -2.14. The molecule has 2 aromatic heterocycles. The van der Waals surface area contributed by atoms with Crippen molar-refractivity contribution in [1.29, 1.82) is 0 Å². The zero-order valence-corrected chi connectivity index (χ0v) is 15.2. The van der Waals surface area contributed by atoms with Gasteiger partial charge < -0.3 is 9.88 Å². The predicted octanol–water partition coefficient (Wildman–Crippen LogP) is 3.37. The minimum atomic E-state index is -0.0968. The van der Waals surface area contributed by atoms with E-state index in [2.05, 4.69) is 36.4 Å². The molecule has 0 aliphatic rings. The van der Waals surface area contributed by atoms with Crippen LogP contribution >= 0.6 is 27.7 Å². The minimum absolute atomic E-state index is 0.0968. The van der Waals surface area contributed by atoms with Crippen LogP contribution in [0.25, 0.3) is 11.5 Å². The number of benzene rings is 1. The highest BCUT2D eigenvalue weighted by Crippen LogP contribution is 2.21. The van der Waals surface area contributed by atoms with Crippen molar-refractivity contribution in [2.75, 3.05) is 11.1 Å². The van der Waals surface area contributed by atoms with Gasteiger partial charge in [-0.3, -0.25) is 9.78 Å². The second-order valence-corrected chi connectivity index (χ2v) is 6.79. The van der Waals surface area contributed by atoms with E-state index in [-0.39, 0.29) is 11.7 Å². The maximum absolute atomic E-state index is 12.1. The fraction of sp³-hybridized carbons (Fsp3) is 0.125. The number of anilines is 1. The first-order valence-electron chi connectivity index (χ1n) is 7.12. The molecule has 6 nitrogen and oxygen atoms in total. The summed E-state index contributed by atoms with van der Waals surface area (Å²) in [5.74, 6) is 0.826. The second-order valence-electron chi connectivity index (χ2n) is 4.93. The van der Waals surface area contributed by atoms with Crippen molar-refractivity contribution in [3.63, 3.8) is 0 Å². The number of halogens is 1. The molecule has 1 aromatic carbocycles. The summed E-state index contributed by atoms with van der Waals surface area (Å²) >= 11 is 4.71. The Morgan fingerprint density at radius 1 is 1.25 bits per heavy atom. The number of pyridine rings is 1. The van der Waals surface area contributed by atoms with Gasteiger partial charge in [-0.05, 0) is 30.3 Å². The highest BCUT2D eigenvalue weighted by molar-refractivity contribution is 9.10. The van der Waals surface area contributed by atoms with Crippen molar-refractivity contribution in [2.45, 2.75) is 5.16 Å². The highest BCUT2D eigenvalue weighted by atomic mass is 79.9. The molecule has 0 aliphatic heterocycles. The zero-order valence-electron chi connectivity index (χ0n) is 12.8. The summed E-state index contributed by atoms with van der Waals surface area (Å²) < 4.78 is 2.75. The average molecular weight is 404 g/mol. The van der Waals surface area contributed by atoms with Gasteiger partial charge in [0.05, 0.1) is 5.75 Å². The van der Waals surface area contributed by atoms with E-state index in [4.69, 9.17) is 0 Å². The molecular weight excluding hydrogens is 390 g/mol. The van der Waals surface area contributed by atoms with E-state index < -0.39 is 0 Å². The monoisotopic (exact) mass is 403 g/mol. The maximum Gasteiger partial charge on any atom is 0.234 e.